The van der Waals surface area contributed by atoms with Crippen LogP contribution in [0.3, 0.4) is 0 Å². The molecule has 28 heavy (non-hydrogen) atoms. The van der Waals surface area contributed by atoms with E-state index < -0.39 is 0 Å². The molecule has 2 atom stereocenters. The third-order valence-electron chi connectivity index (χ3n) is 5.09. The minimum absolute atomic E-state index is 0.214. The van der Waals surface area contributed by atoms with Gasteiger partial charge < -0.3 is 20.8 Å². The van der Waals surface area contributed by atoms with Crippen molar-refractivity contribution in [3.63, 3.8) is 0 Å². The predicted octanol–water partition coefficient (Wildman–Crippen LogP) is 6.12. The Labute approximate surface area is 191 Å². The highest BCUT2D eigenvalue weighted by atomic mass is 79.9. The van der Waals surface area contributed by atoms with E-state index in [0.717, 1.165) is 36.8 Å². The van der Waals surface area contributed by atoms with Gasteiger partial charge in [0.2, 0.25) is 0 Å². The molecular weight excluding hydrogens is 531 g/mol. The molecule has 1 saturated carbocycles. The van der Waals surface area contributed by atoms with Gasteiger partial charge in [0.25, 0.3) is 0 Å². The first-order valence-electron chi connectivity index (χ1n) is 9.15. The highest BCUT2D eigenvalue weighted by molar-refractivity contribution is 9.10. The summed E-state index contributed by atoms with van der Waals surface area (Å²) in [5, 5.41) is 28.8. The van der Waals surface area contributed by atoms with Crippen molar-refractivity contribution < 1.29 is 10.2 Å². The number of phenolic OH excluding ortho intramolecular Hbond substituents is 2. The Bertz CT molecular complexity index is 782. The number of nitrogens with one attached hydrogen (secondary N) is 2. The second kappa shape index (κ2) is 10.0. The van der Waals surface area contributed by atoms with Crippen LogP contribution in [-0.2, 0) is 13.1 Å². The van der Waals surface area contributed by atoms with Crippen LogP contribution in [-0.4, -0.2) is 22.3 Å². The number of benzene rings is 2. The zero-order valence-corrected chi connectivity index (χ0v) is 19.8. The summed E-state index contributed by atoms with van der Waals surface area (Å²) in [5.74, 6) is 0.428. The van der Waals surface area contributed by atoms with E-state index in [4.69, 9.17) is 23.2 Å². The molecule has 0 radical (unpaired) electrons. The second-order valence-electron chi connectivity index (χ2n) is 7.05. The summed E-state index contributed by atoms with van der Waals surface area (Å²) in [5.41, 5.74) is 1.53. The predicted molar refractivity (Wildman–Crippen MR) is 121 cm³/mol. The van der Waals surface area contributed by atoms with Gasteiger partial charge in [-0.15, -0.1) is 0 Å². The summed E-state index contributed by atoms with van der Waals surface area (Å²) >= 11 is 18.9. The van der Waals surface area contributed by atoms with Crippen LogP contribution >= 0.6 is 55.1 Å². The van der Waals surface area contributed by atoms with Crippen LogP contribution in [0.25, 0.3) is 0 Å². The molecule has 0 heterocycles. The van der Waals surface area contributed by atoms with E-state index in [1.807, 2.05) is 0 Å². The third-order valence-corrected chi connectivity index (χ3v) is 6.74. The zero-order valence-electron chi connectivity index (χ0n) is 15.1. The minimum atomic E-state index is 0.214. The first-order chi connectivity index (χ1) is 13.3. The van der Waals surface area contributed by atoms with E-state index in [9.17, 15) is 10.2 Å². The quantitative estimate of drug-likeness (QED) is 0.349. The summed E-state index contributed by atoms with van der Waals surface area (Å²) in [6, 6.07) is 7.44. The smallest absolute Gasteiger partial charge is 0.134 e. The lowest BCUT2D eigenvalue weighted by atomic mass is 9.90. The molecule has 152 valence electrons. The maximum absolute atomic E-state index is 10.2. The van der Waals surface area contributed by atoms with E-state index in [2.05, 4.69) is 42.5 Å². The van der Waals surface area contributed by atoms with Crippen molar-refractivity contribution in [3.8, 4) is 11.5 Å². The first-order valence-corrected chi connectivity index (χ1v) is 11.5. The Morgan fingerprint density at radius 1 is 0.786 bits per heavy atom. The lowest BCUT2D eigenvalue weighted by Gasteiger charge is -2.33. The molecule has 8 heteroatoms. The Kier molecular flexibility index (Phi) is 7.93. The Hall–Kier alpha value is -0.500. The number of halogens is 4. The minimum Gasteiger partial charge on any atom is -0.506 e. The molecule has 0 aromatic heterocycles. The van der Waals surface area contributed by atoms with Crippen LogP contribution in [0.2, 0.25) is 10.0 Å². The maximum atomic E-state index is 10.2. The van der Waals surface area contributed by atoms with E-state index in [-0.39, 0.29) is 23.6 Å². The summed E-state index contributed by atoms with van der Waals surface area (Å²) in [6.07, 6.45) is 4.42. The van der Waals surface area contributed by atoms with E-state index in [0.29, 0.717) is 32.1 Å². The van der Waals surface area contributed by atoms with Gasteiger partial charge in [0, 0.05) is 46.3 Å². The van der Waals surface area contributed by atoms with Crippen LogP contribution in [0, 0.1) is 0 Å². The van der Waals surface area contributed by atoms with Crippen molar-refractivity contribution >= 4 is 55.1 Å². The number of aromatic hydroxyl groups is 2. The summed E-state index contributed by atoms with van der Waals surface area (Å²) in [6.45, 7) is 1.06. The number of phenols is 2. The van der Waals surface area contributed by atoms with Crippen molar-refractivity contribution in [2.75, 3.05) is 0 Å². The first kappa shape index (κ1) is 22.2. The topological polar surface area (TPSA) is 64.5 Å². The summed E-state index contributed by atoms with van der Waals surface area (Å²) < 4.78 is 1.19. The molecule has 0 amide bonds. The van der Waals surface area contributed by atoms with Crippen molar-refractivity contribution in [2.24, 2.45) is 0 Å². The van der Waals surface area contributed by atoms with Crippen molar-refractivity contribution in [3.05, 3.63) is 54.4 Å². The van der Waals surface area contributed by atoms with Gasteiger partial charge in [-0.3, -0.25) is 0 Å². The molecule has 2 aromatic rings. The van der Waals surface area contributed by atoms with Crippen molar-refractivity contribution in [1.82, 2.24) is 10.6 Å². The molecule has 0 unspecified atom stereocenters. The standard InChI is InChI=1S/C20H22Br2Cl2N2O2/c21-15-7-13(23)5-11(19(15)27)9-25-17-3-1-2-4-18(17)26-10-12-6-14(24)8-16(22)20(12)28/h5-8,17-18,25-28H,1-4,9-10H2/t17-,18-/m0/s1. The molecule has 0 saturated heterocycles. The summed E-state index contributed by atoms with van der Waals surface area (Å²) in [4.78, 5) is 0. The number of hydrogen-bond acceptors (Lipinski definition) is 4. The normalized spacial score (nSPS) is 19.7. The molecule has 0 spiro atoms. The van der Waals surface area contributed by atoms with E-state index >= 15 is 0 Å². The summed E-state index contributed by atoms with van der Waals surface area (Å²) in [7, 11) is 0. The molecule has 1 aliphatic carbocycles. The third kappa shape index (κ3) is 5.55. The molecular formula is C20H22Br2Cl2N2O2. The molecule has 4 nitrogen and oxygen atoms in total. The van der Waals surface area contributed by atoms with Crippen molar-refractivity contribution in [2.45, 2.75) is 50.9 Å². The second-order valence-corrected chi connectivity index (χ2v) is 9.63. The average molecular weight is 553 g/mol. The van der Waals surface area contributed by atoms with Gasteiger partial charge in [-0.25, -0.2) is 0 Å². The molecule has 1 aliphatic rings. The van der Waals surface area contributed by atoms with E-state index in [1.54, 1.807) is 24.3 Å². The van der Waals surface area contributed by atoms with Crippen LogP contribution in [0.5, 0.6) is 11.5 Å². The molecule has 1 fully saturated rings. The van der Waals surface area contributed by atoms with Crippen LogP contribution < -0.4 is 10.6 Å². The van der Waals surface area contributed by atoms with Gasteiger partial charge >= 0.3 is 0 Å². The van der Waals surface area contributed by atoms with Crippen LogP contribution in [0.1, 0.15) is 36.8 Å². The molecule has 0 aliphatic heterocycles. The van der Waals surface area contributed by atoms with Gasteiger partial charge in [0.1, 0.15) is 11.5 Å². The van der Waals surface area contributed by atoms with E-state index in [1.165, 1.54) is 0 Å². The van der Waals surface area contributed by atoms with Gasteiger partial charge in [-0.05, 0) is 69.0 Å². The van der Waals surface area contributed by atoms with Gasteiger partial charge in [-0.2, -0.15) is 0 Å². The molecule has 2 aromatic carbocycles. The van der Waals surface area contributed by atoms with Crippen molar-refractivity contribution in [1.29, 1.82) is 0 Å². The van der Waals surface area contributed by atoms with Gasteiger partial charge in [0.05, 0.1) is 8.95 Å². The monoisotopic (exact) mass is 550 g/mol. The lowest BCUT2D eigenvalue weighted by Crippen LogP contribution is -2.49. The fraction of sp³-hybridized carbons (Fsp3) is 0.400. The Balaban J connectivity index is 1.65. The Morgan fingerprint density at radius 3 is 1.57 bits per heavy atom. The number of rotatable bonds is 6. The highest BCUT2D eigenvalue weighted by Crippen LogP contribution is 2.33. The fourth-order valence-electron chi connectivity index (χ4n) is 3.61. The van der Waals surface area contributed by atoms with Crippen LogP contribution in [0.15, 0.2) is 33.2 Å². The van der Waals surface area contributed by atoms with Gasteiger partial charge in [0.15, 0.2) is 0 Å². The molecule has 0 bridgehead atoms. The Morgan fingerprint density at radius 2 is 1.18 bits per heavy atom. The SMILES string of the molecule is Oc1c(Br)cc(Cl)cc1CN[C@H]1CCCC[C@@H]1NCc1cc(Cl)cc(Br)c1O. The average Bonchev–Trinajstić information content (AvgIpc) is 2.65. The lowest BCUT2D eigenvalue weighted by molar-refractivity contribution is 0.279. The maximum Gasteiger partial charge on any atom is 0.134 e. The largest absolute Gasteiger partial charge is 0.506 e. The molecule has 3 rings (SSSR count). The number of hydrogen-bond donors (Lipinski definition) is 4. The molecule has 4 N–H and O–H groups in total. The van der Waals surface area contributed by atoms with Crippen LogP contribution in [0.4, 0.5) is 0 Å². The zero-order chi connectivity index (χ0) is 20.3. The fourth-order valence-corrected chi connectivity index (χ4v) is 5.36. The van der Waals surface area contributed by atoms with Gasteiger partial charge in [-0.1, -0.05) is 36.0 Å². The highest BCUT2D eigenvalue weighted by Gasteiger charge is 2.25.